The van der Waals surface area contributed by atoms with Gasteiger partial charge in [0.25, 0.3) is 0 Å². The number of carbonyl (C=O) groups is 1. The number of alkyl halides is 6. The first kappa shape index (κ1) is 14.8. The van der Waals surface area contributed by atoms with Gasteiger partial charge in [0, 0.05) is 11.4 Å². The second kappa shape index (κ2) is 4.79. The molecule has 0 aliphatic rings. The van der Waals surface area contributed by atoms with E-state index in [-0.39, 0.29) is 5.02 Å². The molecule has 0 saturated heterocycles. The Hall–Kier alpha value is -1.24. The lowest BCUT2D eigenvalue weighted by atomic mass is 10.1. The maximum atomic E-state index is 12.4. The molecule has 0 spiro atoms. The standard InChI is InChI=1S/C10H5ClF6O/c11-7-2-5(3-8(18)10(15,16)17)1-6(4-7)9(12,13)14/h1-2,4H,3H2. The molecule has 100 valence electrons. The predicted octanol–water partition coefficient (Wildman–Crippen LogP) is 4.03. The fourth-order valence-corrected chi connectivity index (χ4v) is 1.46. The van der Waals surface area contributed by atoms with E-state index in [2.05, 4.69) is 0 Å². The number of rotatable bonds is 2. The molecule has 0 aliphatic carbocycles. The minimum Gasteiger partial charge on any atom is -0.289 e. The van der Waals surface area contributed by atoms with Crippen LogP contribution in [0.4, 0.5) is 26.3 Å². The molecule has 0 radical (unpaired) electrons. The first-order valence-electron chi connectivity index (χ1n) is 4.47. The van der Waals surface area contributed by atoms with Crippen molar-refractivity contribution in [2.75, 3.05) is 0 Å². The molecule has 0 aromatic heterocycles. The number of benzene rings is 1. The summed E-state index contributed by atoms with van der Waals surface area (Å²) in [5, 5.41) is -0.380. The number of carbonyl (C=O) groups excluding carboxylic acids is 1. The summed E-state index contributed by atoms with van der Waals surface area (Å²) < 4.78 is 73.0. The summed E-state index contributed by atoms with van der Waals surface area (Å²) in [6, 6.07) is 1.93. The van der Waals surface area contributed by atoms with Gasteiger partial charge in [-0.3, -0.25) is 4.79 Å². The van der Waals surface area contributed by atoms with Crippen LogP contribution in [0.25, 0.3) is 0 Å². The third-order valence-electron chi connectivity index (χ3n) is 1.97. The van der Waals surface area contributed by atoms with Gasteiger partial charge < -0.3 is 0 Å². The van der Waals surface area contributed by atoms with E-state index >= 15 is 0 Å². The van der Waals surface area contributed by atoms with Crippen LogP contribution in [0.3, 0.4) is 0 Å². The van der Waals surface area contributed by atoms with E-state index in [1.165, 1.54) is 0 Å². The molecule has 18 heavy (non-hydrogen) atoms. The van der Waals surface area contributed by atoms with Crippen molar-refractivity contribution in [3.05, 3.63) is 34.3 Å². The third kappa shape index (κ3) is 3.90. The number of ketones is 1. The van der Waals surface area contributed by atoms with Gasteiger partial charge in [0.1, 0.15) is 0 Å². The molecule has 0 atom stereocenters. The van der Waals surface area contributed by atoms with Gasteiger partial charge in [-0.05, 0) is 23.8 Å². The SMILES string of the molecule is O=C(Cc1cc(Cl)cc(C(F)(F)F)c1)C(F)(F)F. The highest BCUT2D eigenvalue weighted by Crippen LogP contribution is 2.32. The molecule has 0 heterocycles. The van der Waals surface area contributed by atoms with Crippen LogP contribution in [-0.4, -0.2) is 12.0 Å². The number of Topliss-reactive ketones (excluding diaryl/α,β-unsaturated/α-hetero) is 1. The first-order valence-corrected chi connectivity index (χ1v) is 4.84. The summed E-state index contributed by atoms with van der Waals surface area (Å²) >= 11 is 5.36. The molecule has 1 aromatic rings. The zero-order valence-electron chi connectivity index (χ0n) is 8.49. The van der Waals surface area contributed by atoms with E-state index in [0.29, 0.717) is 12.1 Å². The second-order valence-electron chi connectivity index (χ2n) is 3.44. The number of halogens is 7. The Morgan fingerprint density at radius 1 is 1.06 bits per heavy atom. The van der Waals surface area contributed by atoms with E-state index in [1.807, 2.05) is 0 Å². The van der Waals surface area contributed by atoms with Crippen molar-refractivity contribution in [2.45, 2.75) is 18.8 Å². The van der Waals surface area contributed by atoms with Gasteiger partial charge in [-0.2, -0.15) is 26.3 Å². The summed E-state index contributed by atoms with van der Waals surface area (Å²) in [5.41, 5.74) is -1.63. The molecule has 1 rings (SSSR count). The summed E-state index contributed by atoms with van der Waals surface area (Å²) in [7, 11) is 0. The zero-order chi connectivity index (χ0) is 14.1. The van der Waals surface area contributed by atoms with E-state index in [9.17, 15) is 31.1 Å². The largest absolute Gasteiger partial charge is 0.450 e. The van der Waals surface area contributed by atoms with Crippen LogP contribution in [0.1, 0.15) is 11.1 Å². The lowest BCUT2D eigenvalue weighted by molar-refractivity contribution is -0.170. The number of hydrogen-bond donors (Lipinski definition) is 0. The summed E-state index contributed by atoms with van der Waals surface area (Å²) in [6.07, 6.45) is -11.0. The maximum Gasteiger partial charge on any atom is 0.450 e. The van der Waals surface area contributed by atoms with Gasteiger partial charge in [0.2, 0.25) is 5.78 Å². The van der Waals surface area contributed by atoms with Gasteiger partial charge >= 0.3 is 12.4 Å². The molecular weight excluding hydrogens is 286 g/mol. The zero-order valence-corrected chi connectivity index (χ0v) is 9.25. The van der Waals surface area contributed by atoms with E-state index in [1.54, 1.807) is 0 Å². The Balaban J connectivity index is 3.05. The van der Waals surface area contributed by atoms with Crippen LogP contribution in [0, 0.1) is 0 Å². The molecular formula is C10H5ClF6O. The molecule has 0 aliphatic heterocycles. The minimum atomic E-state index is -5.08. The van der Waals surface area contributed by atoms with Gasteiger partial charge in [-0.25, -0.2) is 0 Å². The van der Waals surface area contributed by atoms with Crippen LogP contribution >= 0.6 is 11.6 Å². The summed E-state index contributed by atoms with van der Waals surface area (Å²) in [4.78, 5) is 10.7. The van der Waals surface area contributed by atoms with E-state index < -0.39 is 35.7 Å². The van der Waals surface area contributed by atoms with Crippen LogP contribution in [-0.2, 0) is 17.4 Å². The van der Waals surface area contributed by atoms with Gasteiger partial charge in [0.05, 0.1) is 5.56 Å². The maximum absolute atomic E-state index is 12.4. The Morgan fingerprint density at radius 2 is 1.61 bits per heavy atom. The molecule has 0 fully saturated rings. The van der Waals surface area contributed by atoms with E-state index in [4.69, 9.17) is 11.6 Å². The quantitative estimate of drug-likeness (QED) is 0.752. The normalized spacial score (nSPS) is 12.6. The highest BCUT2D eigenvalue weighted by atomic mass is 35.5. The monoisotopic (exact) mass is 290 g/mol. The third-order valence-corrected chi connectivity index (χ3v) is 2.18. The van der Waals surface area contributed by atoms with Crippen LogP contribution in [0.2, 0.25) is 5.02 Å². The predicted molar refractivity (Wildman–Crippen MR) is 51.2 cm³/mol. The van der Waals surface area contributed by atoms with Crippen LogP contribution in [0.15, 0.2) is 18.2 Å². The molecule has 1 aromatic carbocycles. The average molecular weight is 291 g/mol. The lowest BCUT2D eigenvalue weighted by Gasteiger charge is -2.10. The van der Waals surface area contributed by atoms with Crippen molar-refractivity contribution in [1.82, 2.24) is 0 Å². The van der Waals surface area contributed by atoms with Crippen molar-refractivity contribution in [3.63, 3.8) is 0 Å². The van der Waals surface area contributed by atoms with Crippen molar-refractivity contribution >= 4 is 17.4 Å². The van der Waals surface area contributed by atoms with Crippen molar-refractivity contribution in [1.29, 1.82) is 0 Å². The van der Waals surface area contributed by atoms with Crippen LogP contribution in [0.5, 0.6) is 0 Å². The summed E-state index contributed by atoms with van der Waals surface area (Å²) in [6.45, 7) is 0. The van der Waals surface area contributed by atoms with Crippen LogP contribution < -0.4 is 0 Å². The van der Waals surface area contributed by atoms with Gasteiger partial charge in [0.15, 0.2) is 0 Å². The van der Waals surface area contributed by atoms with Crippen molar-refractivity contribution in [2.24, 2.45) is 0 Å². The van der Waals surface area contributed by atoms with E-state index in [0.717, 1.165) is 6.07 Å². The molecule has 0 saturated carbocycles. The lowest BCUT2D eigenvalue weighted by Crippen LogP contribution is -2.24. The van der Waals surface area contributed by atoms with Gasteiger partial charge in [-0.1, -0.05) is 11.6 Å². The Bertz CT molecular complexity index is 462. The fraction of sp³-hybridized carbons (Fsp3) is 0.300. The highest BCUT2D eigenvalue weighted by Gasteiger charge is 2.38. The van der Waals surface area contributed by atoms with Crippen molar-refractivity contribution in [3.8, 4) is 0 Å². The Labute approximate surface area is 102 Å². The van der Waals surface area contributed by atoms with Crippen molar-refractivity contribution < 1.29 is 31.1 Å². The summed E-state index contributed by atoms with van der Waals surface area (Å²) in [5.74, 6) is -2.13. The topological polar surface area (TPSA) is 17.1 Å². The Morgan fingerprint density at radius 3 is 2.06 bits per heavy atom. The molecule has 0 N–H and O–H groups in total. The minimum absolute atomic E-state index is 0.380. The molecule has 1 nitrogen and oxygen atoms in total. The molecule has 0 unspecified atom stereocenters. The number of hydrogen-bond acceptors (Lipinski definition) is 1. The smallest absolute Gasteiger partial charge is 0.289 e. The molecule has 0 bridgehead atoms. The molecule has 8 heteroatoms. The fourth-order valence-electron chi connectivity index (χ4n) is 1.20. The molecule has 0 amide bonds. The van der Waals surface area contributed by atoms with Gasteiger partial charge in [-0.15, -0.1) is 0 Å². The first-order chi connectivity index (χ1) is 8.00. The average Bonchev–Trinajstić information content (AvgIpc) is 2.13. The highest BCUT2D eigenvalue weighted by molar-refractivity contribution is 6.30. The Kier molecular flexibility index (Phi) is 3.95. The second-order valence-corrected chi connectivity index (χ2v) is 3.88.